The van der Waals surface area contributed by atoms with Crippen LogP contribution in [0.25, 0.3) is 0 Å². The summed E-state index contributed by atoms with van der Waals surface area (Å²) >= 11 is 0. The molecule has 1 aromatic carbocycles. The van der Waals surface area contributed by atoms with Crippen molar-refractivity contribution in [1.82, 2.24) is 14.8 Å². The molecule has 1 heterocycles. The molecule has 6 nitrogen and oxygen atoms in total. The molecule has 2 rings (SSSR count). The highest BCUT2D eigenvalue weighted by Crippen LogP contribution is 2.30. The lowest BCUT2D eigenvalue weighted by atomic mass is 10.2. The summed E-state index contributed by atoms with van der Waals surface area (Å²) in [5.41, 5.74) is -0.844. The molecule has 1 N–H and O–H groups in total. The third-order valence-corrected chi connectivity index (χ3v) is 2.50. The summed E-state index contributed by atoms with van der Waals surface area (Å²) in [4.78, 5) is 11.7. The van der Waals surface area contributed by atoms with Crippen molar-refractivity contribution < 1.29 is 18.0 Å². The number of alkyl halides is 3. The Hall–Kier alpha value is -2.89. The highest BCUT2D eigenvalue weighted by Gasteiger charge is 2.30. The Labute approximate surface area is 116 Å². The third-order valence-electron chi connectivity index (χ3n) is 2.50. The zero-order valence-corrected chi connectivity index (χ0v) is 10.4. The Balaban J connectivity index is 2.09. The number of carbonyl (C=O) groups excluding carboxylic acids is 1. The summed E-state index contributed by atoms with van der Waals surface area (Å²) in [6, 6.07) is 6.00. The van der Waals surface area contributed by atoms with Crippen molar-refractivity contribution in [2.24, 2.45) is 0 Å². The summed E-state index contributed by atoms with van der Waals surface area (Å²) in [6.45, 7) is -0.272. The van der Waals surface area contributed by atoms with E-state index in [9.17, 15) is 18.0 Å². The van der Waals surface area contributed by atoms with Crippen molar-refractivity contribution in [3.05, 3.63) is 42.0 Å². The van der Waals surface area contributed by atoms with E-state index in [0.29, 0.717) is 0 Å². The van der Waals surface area contributed by atoms with Crippen molar-refractivity contribution in [3.8, 4) is 6.07 Å². The van der Waals surface area contributed by atoms with Crippen molar-refractivity contribution in [1.29, 1.82) is 5.26 Å². The molecule has 0 spiro atoms. The second-order valence-electron chi connectivity index (χ2n) is 4.02. The number of anilines is 1. The average Bonchev–Trinajstić information content (AvgIpc) is 2.85. The molecule has 21 heavy (non-hydrogen) atoms. The molecule has 0 saturated heterocycles. The predicted octanol–water partition coefficient (Wildman–Crippen LogP) is 1.81. The predicted molar refractivity (Wildman–Crippen MR) is 64.8 cm³/mol. The highest BCUT2D eigenvalue weighted by atomic mass is 19.4. The van der Waals surface area contributed by atoms with Crippen LogP contribution in [-0.4, -0.2) is 20.7 Å². The molecule has 0 bridgehead atoms. The van der Waals surface area contributed by atoms with Crippen molar-refractivity contribution in [2.45, 2.75) is 12.7 Å². The Morgan fingerprint density at radius 1 is 1.43 bits per heavy atom. The fourth-order valence-electron chi connectivity index (χ4n) is 1.59. The number of carbonyl (C=O) groups is 1. The van der Waals surface area contributed by atoms with Gasteiger partial charge in [-0.2, -0.15) is 18.4 Å². The molecule has 0 radical (unpaired) electrons. The molecular formula is C12H8F3N5O. The SMILES string of the molecule is N#Cc1nncn1CC(=O)Nc1cccc(C(F)(F)F)c1. The van der Waals surface area contributed by atoms with Gasteiger partial charge in [-0.25, -0.2) is 0 Å². The molecule has 108 valence electrons. The summed E-state index contributed by atoms with van der Waals surface area (Å²) < 4.78 is 38.8. The van der Waals surface area contributed by atoms with Gasteiger partial charge in [0.2, 0.25) is 11.7 Å². The first kappa shape index (κ1) is 14.5. The number of aromatic nitrogens is 3. The van der Waals surface area contributed by atoms with Crippen molar-refractivity contribution in [3.63, 3.8) is 0 Å². The molecule has 0 aliphatic carbocycles. The van der Waals surface area contributed by atoms with Gasteiger partial charge >= 0.3 is 6.18 Å². The molecule has 1 aromatic heterocycles. The van der Waals surface area contributed by atoms with E-state index in [-0.39, 0.29) is 18.1 Å². The number of nitriles is 1. The van der Waals surface area contributed by atoms with Crippen LogP contribution in [-0.2, 0) is 17.5 Å². The first-order valence-electron chi connectivity index (χ1n) is 5.65. The van der Waals surface area contributed by atoms with Crippen LogP contribution in [0.5, 0.6) is 0 Å². The quantitative estimate of drug-likeness (QED) is 0.936. The smallest absolute Gasteiger partial charge is 0.325 e. The molecular weight excluding hydrogens is 287 g/mol. The molecule has 0 aliphatic heterocycles. The van der Waals surface area contributed by atoms with Gasteiger partial charge in [0.05, 0.1) is 5.56 Å². The maximum Gasteiger partial charge on any atom is 0.416 e. The standard InChI is InChI=1S/C12H8F3N5O/c13-12(14,15)8-2-1-3-9(4-8)18-11(21)6-20-7-17-19-10(20)5-16/h1-4,7H,6H2,(H,18,21). The summed E-state index contributed by atoms with van der Waals surface area (Å²) in [7, 11) is 0. The van der Waals surface area contributed by atoms with Crippen molar-refractivity contribution in [2.75, 3.05) is 5.32 Å². The van der Waals surface area contributed by atoms with E-state index < -0.39 is 17.6 Å². The summed E-state index contributed by atoms with van der Waals surface area (Å²) in [5.74, 6) is -0.653. The molecule has 1 amide bonds. The zero-order chi connectivity index (χ0) is 15.5. The van der Waals surface area contributed by atoms with Crippen LogP contribution in [0.4, 0.5) is 18.9 Å². The fraction of sp³-hybridized carbons (Fsp3) is 0.167. The van der Waals surface area contributed by atoms with E-state index in [1.165, 1.54) is 23.0 Å². The second-order valence-corrected chi connectivity index (χ2v) is 4.02. The molecule has 0 unspecified atom stereocenters. The largest absolute Gasteiger partial charge is 0.416 e. The maximum absolute atomic E-state index is 12.5. The maximum atomic E-state index is 12.5. The number of hydrogen-bond donors (Lipinski definition) is 1. The van der Waals surface area contributed by atoms with Gasteiger partial charge in [-0.1, -0.05) is 6.07 Å². The lowest BCUT2D eigenvalue weighted by molar-refractivity contribution is -0.137. The minimum absolute atomic E-state index is 0.0152. The van der Waals surface area contributed by atoms with Crippen LogP contribution in [0, 0.1) is 11.3 Å². The monoisotopic (exact) mass is 295 g/mol. The lowest BCUT2D eigenvalue weighted by Crippen LogP contribution is -2.19. The van der Waals surface area contributed by atoms with Gasteiger partial charge in [-0.05, 0) is 18.2 Å². The van der Waals surface area contributed by atoms with E-state index in [4.69, 9.17) is 5.26 Å². The van der Waals surface area contributed by atoms with Crippen LogP contribution in [0.1, 0.15) is 11.4 Å². The van der Waals surface area contributed by atoms with Crippen LogP contribution in [0.3, 0.4) is 0 Å². The number of hydrogen-bond acceptors (Lipinski definition) is 4. The van der Waals surface area contributed by atoms with Gasteiger partial charge in [0.25, 0.3) is 0 Å². The molecule has 0 fully saturated rings. The van der Waals surface area contributed by atoms with Gasteiger partial charge in [-0.15, -0.1) is 10.2 Å². The first-order valence-corrected chi connectivity index (χ1v) is 5.65. The van der Waals surface area contributed by atoms with Crippen LogP contribution in [0.15, 0.2) is 30.6 Å². The number of nitrogens with one attached hydrogen (secondary N) is 1. The Morgan fingerprint density at radius 2 is 2.19 bits per heavy atom. The van der Waals surface area contributed by atoms with Crippen molar-refractivity contribution >= 4 is 11.6 Å². The van der Waals surface area contributed by atoms with Gasteiger partial charge in [0.15, 0.2) is 0 Å². The normalized spacial score (nSPS) is 11.0. The van der Waals surface area contributed by atoms with E-state index in [0.717, 1.165) is 12.1 Å². The number of rotatable bonds is 3. The Morgan fingerprint density at radius 3 is 2.86 bits per heavy atom. The number of halogens is 3. The van der Waals surface area contributed by atoms with E-state index in [1.807, 2.05) is 0 Å². The molecule has 0 aliphatic rings. The highest BCUT2D eigenvalue weighted by molar-refractivity contribution is 5.90. The number of benzene rings is 1. The van der Waals surface area contributed by atoms with E-state index in [1.54, 1.807) is 6.07 Å². The van der Waals surface area contributed by atoms with E-state index in [2.05, 4.69) is 15.5 Å². The molecule has 9 heteroatoms. The minimum Gasteiger partial charge on any atom is -0.325 e. The first-order chi connectivity index (χ1) is 9.90. The topological polar surface area (TPSA) is 83.6 Å². The van der Waals surface area contributed by atoms with Gasteiger partial charge in [0, 0.05) is 5.69 Å². The lowest BCUT2D eigenvalue weighted by Gasteiger charge is -2.10. The molecule has 0 saturated carbocycles. The van der Waals surface area contributed by atoms with Crippen LogP contribution < -0.4 is 5.32 Å². The third kappa shape index (κ3) is 3.56. The van der Waals surface area contributed by atoms with Gasteiger partial charge in [0.1, 0.15) is 18.9 Å². The summed E-state index contributed by atoms with van der Waals surface area (Å²) in [6.07, 6.45) is -3.30. The molecule has 0 atom stereocenters. The fourth-order valence-corrected chi connectivity index (χ4v) is 1.59. The van der Waals surface area contributed by atoms with Gasteiger partial charge in [-0.3, -0.25) is 9.36 Å². The molecule has 2 aromatic rings. The van der Waals surface area contributed by atoms with Gasteiger partial charge < -0.3 is 5.32 Å². The Kier molecular flexibility index (Phi) is 3.89. The number of amides is 1. The summed E-state index contributed by atoms with van der Waals surface area (Å²) in [5, 5.41) is 18.0. The zero-order valence-electron chi connectivity index (χ0n) is 10.4. The van der Waals surface area contributed by atoms with Crippen LogP contribution in [0.2, 0.25) is 0 Å². The second kappa shape index (κ2) is 5.62. The average molecular weight is 295 g/mol. The van der Waals surface area contributed by atoms with Crippen LogP contribution >= 0.6 is 0 Å². The minimum atomic E-state index is -4.48. The number of nitrogens with zero attached hydrogens (tertiary/aromatic N) is 4. The van der Waals surface area contributed by atoms with E-state index >= 15 is 0 Å². The Bertz CT molecular complexity index is 701.